The zero-order valence-corrected chi connectivity index (χ0v) is 11.0. The van der Waals surface area contributed by atoms with Crippen LogP contribution in [0.2, 0.25) is 0 Å². The molecule has 1 aliphatic rings. The Hall–Kier alpha value is -0.910. The molecule has 0 spiro atoms. The van der Waals surface area contributed by atoms with Gasteiger partial charge in [0.25, 0.3) is 0 Å². The first-order chi connectivity index (χ1) is 8.06. The molecule has 2 amide bonds. The van der Waals surface area contributed by atoms with Crippen molar-refractivity contribution in [1.82, 2.24) is 10.6 Å². The molecule has 0 aliphatic heterocycles. The Morgan fingerprint density at radius 3 is 2.65 bits per heavy atom. The van der Waals surface area contributed by atoms with Gasteiger partial charge in [-0.2, -0.15) is 11.8 Å². The molecular formula is C11H20N2O3S. The SMILES string of the molecule is CC[C@H](NC(=O)NC1CCC(SC)C1)C(=O)O. The van der Waals surface area contributed by atoms with Gasteiger partial charge in [0.15, 0.2) is 0 Å². The zero-order chi connectivity index (χ0) is 12.8. The number of hydrogen-bond donors (Lipinski definition) is 3. The van der Waals surface area contributed by atoms with Crippen molar-refractivity contribution in [2.24, 2.45) is 0 Å². The molecule has 1 saturated carbocycles. The van der Waals surface area contributed by atoms with Gasteiger partial charge in [-0.1, -0.05) is 6.92 Å². The molecule has 1 fully saturated rings. The lowest BCUT2D eigenvalue weighted by molar-refractivity contribution is -0.139. The Kier molecular flexibility index (Phi) is 5.61. The summed E-state index contributed by atoms with van der Waals surface area (Å²) in [6.07, 6.45) is 5.52. The van der Waals surface area contributed by atoms with Crippen molar-refractivity contribution in [3.63, 3.8) is 0 Å². The number of nitrogens with one attached hydrogen (secondary N) is 2. The number of urea groups is 1. The van der Waals surface area contributed by atoms with Gasteiger partial charge in [0.2, 0.25) is 0 Å². The van der Waals surface area contributed by atoms with Crippen LogP contribution in [0.1, 0.15) is 32.6 Å². The van der Waals surface area contributed by atoms with E-state index in [4.69, 9.17) is 5.11 Å². The van der Waals surface area contributed by atoms with Crippen molar-refractivity contribution >= 4 is 23.8 Å². The quantitative estimate of drug-likeness (QED) is 0.699. The Bertz CT molecular complexity index is 286. The number of carboxylic acid groups (broad SMARTS) is 1. The van der Waals surface area contributed by atoms with Gasteiger partial charge >= 0.3 is 12.0 Å². The summed E-state index contributed by atoms with van der Waals surface area (Å²) in [7, 11) is 0. The first kappa shape index (κ1) is 14.2. The number of carboxylic acids is 1. The van der Waals surface area contributed by atoms with E-state index in [1.165, 1.54) is 0 Å². The molecule has 5 nitrogen and oxygen atoms in total. The fourth-order valence-electron chi connectivity index (χ4n) is 2.01. The minimum absolute atomic E-state index is 0.179. The predicted molar refractivity (Wildman–Crippen MR) is 68.3 cm³/mol. The van der Waals surface area contributed by atoms with Crippen molar-refractivity contribution in [3.8, 4) is 0 Å². The van der Waals surface area contributed by atoms with Gasteiger partial charge < -0.3 is 15.7 Å². The number of hydrogen-bond acceptors (Lipinski definition) is 3. The Balaban J connectivity index is 2.32. The molecule has 1 aliphatic carbocycles. The molecule has 3 N–H and O–H groups in total. The highest BCUT2D eigenvalue weighted by Crippen LogP contribution is 2.27. The second kappa shape index (κ2) is 6.74. The monoisotopic (exact) mass is 260 g/mol. The minimum Gasteiger partial charge on any atom is -0.480 e. The second-order valence-corrected chi connectivity index (χ2v) is 5.42. The van der Waals surface area contributed by atoms with Gasteiger partial charge in [0, 0.05) is 11.3 Å². The standard InChI is InChI=1S/C11H20N2O3S/c1-3-9(10(14)15)13-11(16)12-7-4-5-8(6-7)17-2/h7-9H,3-6H2,1-2H3,(H,14,15)(H2,12,13,16)/t7?,8?,9-/m0/s1. The molecule has 17 heavy (non-hydrogen) atoms. The Morgan fingerprint density at radius 2 is 2.18 bits per heavy atom. The molecule has 6 heteroatoms. The fourth-order valence-corrected chi connectivity index (χ4v) is 2.81. The molecule has 0 radical (unpaired) electrons. The predicted octanol–water partition coefficient (Wildman–Crippen LogP) is 1.43. The number of amides is 2. The highest BCUT2D eigenvalue weighted by molar-refractivity contribution is 7.99. The molecular weight excluding hydrogens is 240 g/mol. The number of thioether (sulfide) groups is 1. The Morgan fingerprint density at radius 1 is 1.47 bits per heavy atom. The van der Waals surface area contributed by atoms with Gasteiger partial charge in [-0.05, 0) is 31.9 Å². The summed E-state index contributed by atoms with van der Waals surface area (Å²) >= 11 is 1.82. The van der Waals surface area contributed by atoms with E-state index in [1.807, 2.05) is 11.8 Å². The highest BCUT2D eigenvalue weighted by Gasteiger charge is 2.26. The van der Waals surface area contributed by atoms with Gasteiger partial charge in [-0.15, -0.1) is 0 Å². The van der Waals surface area contributed by atoms with Crippen LogP contribution in [0.15, 0.2) is 0 Å². The molecule has 0 saturated heterocycles. The molecule has 0 aromatic heterocycles. The average Bonchev–Trinajstić information content (AvgIpc) is 2.73. The normalized spacial score (nSPS) is 25.3. The van der Waals surface area contributed by atoms with E-state index < -0.39 is 12.0 Å². The van der Waals surface area contributed by atoms with Crippen LogP contribution in [0.25, 0.3) is 0 Å². The maximum Gasteiger partial charge on any atom is 0.326 e. The van der Waals surface area contributed by atoms with Crippen LogP contribution >= 0.6 is 11.8 Å². The van der Waals surface area contributed by atoms with Crippen LogP contribution in [-0.4, -0.2) is 40.7 Å². The van der Waals surface area contributed by atoms with Crippen molar-refractivity contribution in [3.05, 3.63) is 0 Å². The molecule has 1 rings (SSSR count). The summed E-state index contributed by atoms with van der Waals surface area (Å²) in [5, 5.41) is 14.7. The van der Waals surface area contributed by atoms with Crippen LogP contribution in [0.5, 0.6) is 0 Å². The van der Waals surface area contributed by atoms with Crippen LogP contribution in [-0.2, 0) is 4.79 Å². The maximum absolute atomic E-state index is 11.6. The van der Waals surface area contributed by atoms with Gasteiger partial charge in [-0.25, -0.2) is 9.59 Å². The van der Waals surface area contributed by atoms with Crippen molar-refractivity contribution in [2.45, 2.75) is 49.9 Å². The lowest BCUT2D eigenvalue weighted by Gasteiger charge is -2.16. The number of carbonyl (C=O) groups excluding carboxylic acids is 1. The third-order valence-corrected chi connectivity index (χ3v) is 4.16. The first-order valence-electron chi connectivity index (χ1n) is 5.89. The van der Waals surface area contributed by atoms with Crippen molar-refractivity contribution < 1.29 is 14.7 Å². The van der Waals surface area contributed by atoms with Crippen LogP contribution in [0.4, 0.5) is 4.79 Å². The molecule has 3 atom stereocenters. The van der Waals surface area contributed by atoms with Gasteiger partial charge in [-0.3, -0.25) is 0 Å². The third kappa shape index (κ3) is 4.46. The van der Waals surface area contributed by atoms with Crippen LogP contribution < -0.4 is 10.6 Å². The summed E-state index contributed by atoms with van der Waals surface area (Å²) < 4.78 is 0. The summed E-state index contributed by atoms with van der Waals surface area (Å²) in [4.78, 5) is 22.3. The lowest BCUT2D eigenvalue weighted by atomic mass is 10.2. The zero-order valence-electron chi connectivity index (χ0n) is 10.2. The van der Waals surface area contributed by atoms with Gasteiger partial charge in [0.05, 0.1) is 0 Å². The summed E-state index contributed by atoms with van der Waals surface area (Å²) in [6, 6.07) is -0.988. The molecule has 98 valence electrons. The number of rotatable bonds is 5. The van der Waals surface area contributed by atoms with E-state index in [2.05, 4.69) is 16.9 Å². The highest BCUT2D eigenvalue weighted by atomic mass is 32.2. The largest absolute Gasteiger partial charge is 0.480 e. The Labute approximate surface area is 106 Å². The second-order valence-electron chi connectivity index (χ2n) is 4.28. The number of carbonyl (C=O) groups is 2. The van der Waals surface area contributed by atoms with Gasteiger partial charge in [0.1, 0.15) is 6.04 Å². The average molecular weight is 260 g/mol. The molecule has 2 unspecified atom stereocenters. The molecule has 0 heterocycles. The number of aliphatic carboxylic acids is 1. The maximum atomic E-state index is 11.6. The third-order valence-electron chi connectivity index (χ3n) is 3.06. The topological polar surface area (TPSA) is 78.4 Å². The molecule has 0 aromatic carbocycles. The summed E-state index contributed by atoms with van der Waals surface area (Å²) in [6.45, 7) is 1.73. The molecule has 0 bridgehead atoms. The van der Waals surface area contributed by atoms with E-state index in [0.717, 1.165) is 19.3 Å². The molecule has 0 aromatic rings. The smallest absolute Gasteiger partial charge is 0.326 e. The van der Waals surface area contributed by atoms with Crippen LogP contribution in [0.3, 0.4) is 0 Å². The van der Waals surface area contributed by atoms with E-state index >= 15 is 0 Å². The summed E-state index contributed by atoms with van der Waals surface area (Å²) in [5.74, 6) is -0.990. The van der Waals surface area contributed by atoms with Crippen LogP contribution in [0, 0.1) is 0 Å². The first-order valence-corrected chi connectivity index (χ1v) is 7.18. The van der Waals surface area contributed by atoms with Crippen molar-refractivity contribution in [2.75, 3.05) is 6.26 Å². The van der Waals surface area contributed by atoms with Crippen molar-refractivity contribution in [1.29, 1.82) is 0 Å². The summed E-state index contributed by atoms with van der Waals surface area (Å²) in [5.41, 5.74) is 0. The minimum atomic E-state index is -0.990. The lowest BCUT2D eigenvalue weighted by Crippen LogP contribution is -2.48. The van der Waals surface area contributed by atoms with E-state index in [0.29, 0.717) is 11.7 Å². The van der Waals surface area contributed by atoms with E-state index in [1.54, 1.807) is 6.92 Å². The van der Waals surface area contributed by atoms with E-state index in [9.17, 15) is 9.59 Å². The fraction of sp³-hybridized carbons (Fsp3) is 0.818. The van der Waals surface area contributed by atoms with E-state index in [-0.39, 0.29) is 12.1 Å².